The molecule has 0 N–H and O–H groups in total. The predicted octanol–water partition coefficient (Wildman–Crippen LogP) is 4.25. The van der Waals surface area contributed by atoms with Gasteiger partial charge in [0.2, 0.25) is 22.9 Å². The van der Waals surface area contributed by atoms with Gasteiger partial charge in [0.15, 0.2) is 0 Å². The quantitative estimate of drug-likeness (QED) is 0.326. The van der Waals surface area contributed by atoms with Gasteiger partial charge in [0.25, 0.3) is 0 Å². The lowest BCUT2D eigenvalue weighted by Gasteiger charge is -2.24. The summed E-state index contributed by atoms with van der Waals surface area (Å²) in [7, 11) is -3.55. The summed E-state index contributed by atoms with van der Waals surface area (Å²) < 4.78 is 10.9. The smallest absolute Gasteiger partial charge is 0.246 e. The number of rotatable bonds is 7. The molecule has 0 unspecified atom stereocenters. The summed E-state index contributed by atoms with van der Waals surface area (Å²) >= 11 is 0. The molecule has 0 bridgehead atoms. The molecule has 0 radical (unpaired) electrons. The van der Waals surface area contributed by atoms with Crippen LogP contribution in [0, 0.1) is 0 Å². The molecule has 0 aromatic heterocycles. The largest absolute Gasteiger partial charge is 0.284 e. The van der Waals surface area contributed by atoms with E-state index in [2.05, 4.69) is 39.3 Å². The summed E-state index contributed by atoms with van der Waals surface area (Å²) in [6.45, 7) is 12.3. The van der Waals surface area contributed by atoms with Crippen LogP contribution in [0.4, 0.5) is 0 Å². The molecule has 0 aliphatic heterocycles. The zero-order valence-corrected chi connectivity index (χ0v) is 14.6. The molecule has 108 valence electrons. The van der Waals surface area contributed by atoms with Gasteiger partial charge in [-0.3, -0.25) is 9.15 Å². The highest BCUT2D eigenvalue weighted by molar-refractivity contribution is 6.69. The number of hydrogen-bond acceptors (Lipinski definition) is 4. The first-order chi connectivity index (χ1) is 8.67. The molecule has 1 aromatic carbocycles. The van der Waals surface area contributed by atoms with Gasteiger partial charge in [-0.2, -0.15) is 0 Å². The second-order valence-corrected chi connectivity index (χ2v) is 15.1. The third-order valence-corrected chi connectivity index (χ3v) is 3.04. The summed E-state index contributed by atoms with van der Waals surface area (Å²) in [5, 5.41) is 0. The standard InChI is InChI=1S/C13H24O4Si2/c1-18(2,3)16-14-13(15-17-19(4,5)6)12-10-8-7-9-11-12/h7-11,13H,1-6H3. The molecule has 19 heavy (non-hydrogen) atoms. The lowest BCUT2D eigenvalue weighted by Crippen LogP contribution is -2.30. The van der Waals surface area contributed by atoms with Crippen LogP contribution in [0.15, 0.2) is 30.3 Å². The molecule has 0 saturated carbocycles. The van der Waals surface area contributed by atoms with Gasteiger partial charge in [-0.15, -0.1) is 0 Å². The maximum absolute atomic E-state index is 5.46. The van der Waals surface area contributed by atoms with Crippen molar-refractivity contribution in [3.63, 3.8) is 0 Å². The van der Waals surface area contributed by atoms with Gasteiger partial charge >= 0.3 is 0 Å². The van der Waals surface area contributed by atoms with Crippen molar-refractivity contribution < 1.29 is 18.9 Å². The zero-order valence-electron chi connectivity index (χ0n) is 12.6. The Morgan fingerprint density at radius 1 is 0.737 bits per heavy atom. The van der Waals surface area contributed by atoms with Crippen molar-refractivity contribution in [1.29, 1.82) is 0 Å². The zero-order chi connectivity index (χ0) is 14.5. The highest BCUT2D eigenvalue weighted by Gasteiger charge is 2.25. The van der Waals surface area contributed by atoms with Crippen molar-refractivity contribution >= 4 is 16.6 Å². The van der Waals surface area contributed by atoms with Crippen LogP contribution >= 0.6 is 0 Å². The minimum absolute atomic E-state index is 0.653. The Labute approximate surface area is 117 Å². The van der Waals surface area contributed by atoms with E-state index in [9.17, 15) is 0 Å². The second-order valence-electron chi connectivity index (χ2n) is 6.33. The minimum atomic E-state index is -1.77. The van der Waals surface area contributed by atoms with E-state index in [-0.39, 0.29) is 0 Å². The molecule has 1 rings (SSSR count). The predicted molar refractivity (Wildman–Crippen MR) is 80.2 cm³/mol. The van der Waals surface area contributed by atoms with Crippen LogP contribution in [-0.4, -0.2) is 16.6 Å². The molecule has 0 saturated heterocycles. The Balaban J connectivity index is 2.68. The van der Waals surface area contributed by atoms with Gasteiger partial charge in [0.1, 0.15) is 0 Å². The van der Waals surface area contributed by atoms with Crippen molar-refractivity contribution in [3.8, 4) is 0 Å². The SMILES string of the molecule is C[Si](C)(C)OOC(OO[Si](C)(C)C)c1ccccc1. The summed E-state index contributed by atoms with van der Waals surface area (Å²) in [6.07, 6.45) is -0.653. The van der Waals surface area contributed by atoms with Crippen molar-refractivity contribution in [2.45, 2.75) is 45.6 Å². The molecule has 0 heterocycles. The molecule has 0 aliphatic rings. The van der Waals surface area contributed by atoms with Gasteiger partial charge in [-0.25, -0.2) is 9.78 Å². The molecular formula is C13H24O4Si2. The fraction of sp³-hybridized carbons (Fsp3) is 0.538. The normalized spacial score (nSPS) is 13.0. The molecule has 6 heteroatoms. The van der Waals surface area contributed by atoms with E-state index in [4.69, 9.17) is 18.9 Å². The molecular weight excluding hydrogens is 276 g/mol. The molecule has 0 aliphatic carbocycles. The van der Waals surface area contributed by atoms with E-state index < -0.39 is 22.9 Å². The van der Waals surface area contributed by atoms with E-state index >= 15 is 0 Å². The number of hydrogen-bond donors (Lipinski definition) is 0. The van der Waals surface area contributed by atoms with E-state index in [0.717, 1.165) is 5.56 Å². The van der Waals surface area contributed by atoms with Crippen molar-refractivity contribution in [2.24, 2.45) is 0 Å². The van der Waals surface area contributed by atoms with E-state index in [1.54, 1.807) is 0 Å². The Morgan fingerprint density at radius 2 is 1.16 bits per heavy atom. The molecule has 0 amide bonds. The summed E-state index contributed by atoms with van der Waals surface area (Å²) in [6, 6.07) is 9.65. The third-order valence-electron chi connectivity index (χ3n) is 1.84. The van der Waals surface area contributed by atoms with Gasteiger partial charge in [-0.1, -0.05) is 30.3 Å². The van der Waals surface area contributed by atoms with Crippen LogP contribution in [0.3, 0.4) is 0 Å². The Morgan fingerprint density at radius 3 is 1.53 bits per heavy atom. The first-order valence-corrected chi connectivity index (χ1v) is 13.2. The Bertz CT molecular complexity index is 352. The topological polar surface area (TPSA) is 36.9 Å². The van der Waals surface area contributed by atoms with Crippen LogP contribution in [0.2, 0.25) is 39.3 Å². The fourth-order valence-electron chi connectivity index (χ4n) is 1.11. The van der Waals surface area contributed by atoms with Crippen LogP contribution < -0.4 is 0 Å². The fourth-order valence-corrected chi connectivity index (χ4v) is 1.87. The van der Waals surface area contributed by atoms with Crippen molar-refractivity contribution in [3.05, 3.63) is 35.9 Å². The number of benzene rings is 1. The lowest BCUT2D eigenvalue weighted by atomic mass is 10.2. The molecule has 0 fully saturated rings. The Hall–Kier alpha value is -0.506. The summed E-state index contributed by atoms with van der Waals surface area (Å²) in [5.74, 6) is 0. The maximum Gasteiger partial charge on any atom is 0.246 e. The molecule has 4 nitrogen and oxygen atoms in total. The minimum Gasteiger partial charge on any atom is -0.284 e. The average molecular weight is 301 g/mol. The van der Waals surface area contributed by atoms with Crippen LogP contribution in [0.5, 0.6) is 0 Å². The van der Waals surface area contributed by atoms with Crippen LogP contribution in [-0.2, 0) is 18.9 Å². The average Bonchev–Trinajstić information content (AvgIpc) is 2.27. The van der Waals surface area contributed by atoms with E-state index in [1.165, 1.54) is 0 Å². The van der Waals surface area contributed by atoms with E-state index in [0.29, 0.717) is 0 Å². The third kappa shape index (κ3) is 7.61. The maximum atomic E-state index is 5.46. The van der Waals surface area contributed by atoms with Crippen LogP contribution in [0.25, 0.3) is 0 Å². The summed E-state index contributed by atoms with van der Waals surface area (Å²) in [4.78, 5) is 10.8. The summed E-state index contributed by atoms with van der Waals surface area (Å²) in [5.41, 5.74) is 0.874. The van der Waals surface area contributed by atoms with Gasteiger partial charge in [-0.05, 0) is 39.3 Å². The van der Waals surface area contributed by atoms with Crippen LogP contribution in [0.1, 0.15) is 11.9 Å². The Kier molecular flexibility index (Phi) is 5.91. The second kappa shape index (κ2) is 6.78. The van der Waals surface area contributed by atoms with Gasteiger partial charge in [0, 0.05) is 5.56 Å². The monoisotopic (exact) mass is 300 g/mol. The first kappa shape index (κ1) is 16.5. The molecule has 0 spiro atoms. The van der Waals surface area contributed by atoms with Gasteiger partial charge in [0.05, 0.1) is 0 Å². The van der Waals surface area contributed by atoms with Crippen molar-refractivity contribution in [2.75, 3.05) is 0 Å². The lowest BCUT2D eigenvalue weighted by molar-refractivity contribution is -0.415. The molecule has 1 aromatic rings. The van der Waals surface area contributed by atoms with Gasteiger partial charge < -0.3 is 0 Å². The highest BCUT2D eigenvalue weighted by Crippen LogP contribution is 2.23. The van der Waals surface area contributed by atoms with E-state index in [1.807, 2.05) is 30.3 Å². The van der Waals surface area contributed by atoms with Crippen molar-refractivity contribution in [1.82, 2.24) is 0 Å². The molecule has 0 atom stereocenters. The highest BCUT2D eigenvalue weighted by atomic mass is 28.4. The first-order valence-electron chi connectivity index (χ1n) is 6.41.